The maximum Gasteiger partial charge on any atom is 0.258 e. The number of anilines is 4. The third-order valence-electron chi connectivity index (χ3n) is 8.88. The van der Waals surface area contributed by atoms with E-state index in [0.717, 1.165) is 56.5 Å². The average Bonchev–Trinajstić information content (AvgIpc) is 3.56. The molecular weight excluding hydrogens is 622 g/mol. The van der Waals surface area contributed by atoms with Crippen molar-refractivity contribution in [3.05, 3.63) is 65.7 Å². The molecule has 5 rings (SSSR count). The number of nitrogens with one attached hydrogen (secondary N) is 1. The molecule has 4 aromatic rings. The summed E-state index contributed by atoms with van der Waals surface area (Å²) in [6, 6.07) is 16.3. The van der Waals surface area contributed by atoms with Gasteiger partial charge in [-0.25, -0.2) is 4.98 Å². The molecule has 1 aromatic heterocycles. The lowest BCUT2D eigenvalue weighted by Gasteiger charge is -2.32. The van der Waals surface area contributed by atoms with Crippen molar-refractivity contribution in [2.45, 2.75) is 32.6 Å². The van der Waals surface area contributed by atoms with Gasteiger partial charge in [-0.3, -0.25) is 19.3 Å². The summed E-state index contributed by atoms with van der Waals surface area (Å²) in [7, 11) is 9.08. The highest BCUT2D eigenvalue weighted by Crippen LogP contribution is 2.38. The van der Waals surface area contributed by atoms with Crippen LogP contribution in [0.25, 0.3) is 11.0 Å². The Morgan fingerprint density at radius 1 is 0.918 bits per heavy atom. The van der Waals surface area contributed by atoms with Crippen LogP contribution >= 0.6 is 0 Å². The van der Waals surface area contributed by atoms with Gasteiger partial charge >= 0.3 is 0 Å². The second kappa shape index (κ2) is 15.9. The number of fused-ring (bicyclic) bond motifs is 1. The molecule has 1 saturated heterocycles. The minimum absolute atomic E-state index is 0.229. The second-order valence-corrected chi connectivity index (χ2v) is 12.7. The monoisotopic (exact) mass is 669 g/mol. The average molecular weight is 670 g/mol. The SMILES string of the molecule is COc1cc(C(=O)N(C)c2ccc(C)cc2OCCCCCC(=O)N2CCN(C)CC2)ccc1N(C=O)c1cccc2[nH]c(N(C)C)nc12. The zero-order valence-electron chi connectivity index (χ0n) is 29.4. The molecule has 0 saturated carbocycles. The van der Waals surface area contributed by atoms with Gasteiger partial charge < -0.3 is 34.1 Å². The summed E-state index contributed by atoms with van der Waals surface area (Å²) in [5.74, 6) is 1.61. The number of piperazine rings is 1. The normalized spacial score (nSPS) is 13.3. The van der Waals surface area contributed by atoms with Crippen LogP contribution in [0.2, 0.25) is 0 Å². The van der Waals surface area contributed by atoms with Crippen LogP contribution in [0.3, 0.4) is 0 Å². The lowest BCUT2D eigenvalue weighted by atomic mass is 10.1. The number of aromatic amines is 1. The van der Waals surface area contributed by atoms with Crippen LogP contribution in [0.4, 0.5) is 23.0 Å². The highest BCUT2D eigenvalue weighted by Gasteiger charge is 2.23. The first-order valence-corrected chi connectivity index (χ1v) is 16.7. The van der Waals surface area contributed by atoms with Gasteiger partial charge in [0.1, 0.15) is 17.0 Å². The molecule has 1 aliphatic rings. The van der Waals surface area contributed by atoms with Crippen molar-refractivity contribution >= 4 is 52.3 Å². The molecule has 260 valence electrons. The number of aromatic nitrogens is 2. The minimum Gasteiger partial charge on any atom is -0.495 e. The van der Waals surface area contributed by atoms with E-state index in [2.05, 4.69) is 21.9 Å². The number of unbranched alkanes of at least 4 members (excludes halogenated alkanes) is 2. The largest absolute Gasteiger partial charge is 0.495 e. The Bertz CT molecular complexity index is 1780. The van der Waals surface area contributed by atoms with E-state index in [1.807, 2.05) is 67.2 Å². The molecule has 0 unspecified atom stereocenters. The molecule has 0 spiro atoms. The fraction of sp³-hybridized carbons (Fsp3) is 0.405. The van der Waals surface area contributed by atoms with Gasteiger partial charge in [0.2, 0.25) is 18.3 Å². The number of para-hydroxylation sites is 1. The summed E-state index contributed by atoms with van der Waals surface area (Å²) in [4.78, 5) is 55.9. The van der Waals surface area contributed by atoms with Crippen LogP contribution in [0.1, 0.15) is 41.6 Å². The zero-order chi connectivity index (χ0) is 35.1. The molecule has 1 fully saturated rings. The molecule has 2 heterocycles. The standard InChI is InChI=1S/C37H47N7O5/c1-26-14-16-29(33(23-26)49-22-9-7-8-13-34(46)43-20-18-41(4)19-21-43)42(5)36(47)27-15-17-30(32(24-27)48-6)44(25-45)31-12-10-11-28-35(31)39-37(38-28)40(2)3/h10-12,14-17,23-25H,7-9,13,18-22H2,1-6H3,(H,38,39). The highest BCUT2D eigenvalue weighted by molar-refractivity contribution is 6.08. The molecular formula is C37H47N7O5. The summed E-state index contributed by atoms with van der Waals surface area (Å²) in [6.45, 7) is 5.91. The number of hydrogen-bond donors (Lipinski definition) is 1. The maximum absolute atomic E-state index is 13.8. The van der Waals surface area contributed by atoms with Gasteiger partial charge in [0.15, 0.2) is 0 Å². The van der Waals surface area contributed by atoms with Crippen molar-refractivity contribution in [2.24, 2.45) is 0 Å². The van der Waals surface area contributed by atoms with Crippen LogP contribution in [-0.2, 0) is 9.59 Å². The zero-order valence-corrected chi connectivity index (χ0v) is 29.4. The molecule has 12 nitrogen and oxygen atoms in total. The Morgan fingerprint density at radius 2 is 1.67 bits per heavy atom. The van der Waals surface area contributed by atoms with Gasteiger partial charge in [0, 0.05) is 59.3 Å². The lowest BCUT2D eigenvalue weighted by molar-refractivity contribution is -0.132. The molecule has 0 radical (unpaired) electrons. The predicted octanol–water partition coefficient (Wildman–Crippen LogP) is 5.23. The molecule has 49 heavy (non-hydrogen) atoms. The summed E-state index contributed by atoms with van der Waals surface area (Å²) in [5.41, 5.74) is 4.51. The summed E-state index contributed by atoms with van der Waals surface area (Å²) in [6.07, 6.45) is 3.77. The highest BCUT2D eigenvalue weighted by atomic mass is 16.5. The van der Waals surface area contributed by atoms with E-state index in [-0.39, 0.29) is 11.8 Å². The molecule has 0 bridgehead atoms. The molecule has 3 aromatic carbocycles. The first-order chi connectivity index (χ1) is 23.6. The summed E-state index contributed by atoms with van der Waals surface area (Å²) < 4.78 is 11.9. The molecule has 1 aliphatic heterocycles. The van der Waals surface area contributed by atoms with E-state index in [9.17, 15) is 14.4 Å². The molecule has 0 aliphatic carbocycles. The number of nitrogens with zero attached hydrogens (tertiary/aromatic N) is 6. The van der Waals surface area contributed by atoms with E-state index in [1.54, 1.807) is 30.1 Å². The maximum atomic E-state index is 13.8. The minimum atomic E-state index is -0.261. The Labute approximate surface area is 288 Å². The fourth-order valence-corrected chi connectivity index (χ4v) is 5.93. The molecule has 1 N–H and O–H groups in total. The van der Waals surface area contributed by atoms with Crippen molar-refractivity contribution in [3.63, 3.8) is 0 Å². The van der Waals surface area contributed by atoms with Crippen LogP contribution < -0.4 is 24.2 Å². The fourth-order valence-electron chi connectivity index (χ4n) is 5.93. The van der Waals surface area contributed by atoms with Crippen LogP contribution in [0.5, 0.6) is 11.5 Å². The third-order valence-corrected chi connectivity index (χ3v) is 8.88. The van der Waals surface area contributed by atoms with E-state index < -0.39 is 0 Å². The predicted molar refractivity (Wildman–Crippen MR) is 194 cm³/mol. The summed E-state index contributed by atoms with van der Waals surface area (Å²) in [5, 5.41) is 0. The molecule has 3 amide bonds. The number of benzene rings is 3. The van der Waals surface area contributed by atoms with E-state index in [0.29, 0.717) is 65.0 Å². The number of ether oxygens (including phenoxy) is 2. The van der Waals surface area contributed by atoms with Crippen LogP contribution in [0, 0.1) is 6.92 Å². The number of carbonyl (C=O) groups excluding carboxylic acids is 3. The Kier molecular flexibility index (Phi) is 11.4. The first kappa shape index (κ1) is 35.2. The Hall–Kier alpha value is -5.10. The number of hydrogen-bond acceptors (Lipinski definition) is 8. The number of rotatable bonds is 14. The quantitative estimate of drug-likeness (QED) is 0.144. The van der Waals surface area contributed by atoms with E-state index in [4.69, 9.17) is 9.47 Å². The number of imidazole rings is 1. The first-order valence-electron chi connectivity index (χ1n) is 16.7. The van der Waals surface area contributed by atoms with Gasteiger partial charge in [-0.05, 0) is 81.3 Å². The van der Waals surface area contributed by atoms with Crippen LogP contribution in [-0.4, -0.2) is 106 Å². The second-order valence-electron chi connectivity index (χ2n) is 12.7. The Balaban J connectivity index is 1.25. The van der Waals surface area contributed by atoms with Crippen molar-refractivity contribution in [2.75, 3.05) is 82.8 Å². The van der Waals surface area contributed by atoms with Crippen LogP contribution in [0.15, 0.2) is 54.6 Å². The van der Waals surface area contributed by atoms with Gasteiger partial charge in [0.25, 0.3) is 5.91 Å². The van der Waals surface area contributed by atoms with Gasteiger partial charge in [-0.15, -0.1) is 0 Å². The van der Waals surface area contributed by atoms with Crippen molar-refractivity contribution in [1.29, 1.82) is 0 Å². The number of likely N-dealkylation sites (N-methyl/N-ethyl adjacent to an activating group) is 1. The topological polar surface area (TPSA) is 115 Å². The molecule has 0 atom stereocenters. The van der Waals surface area contributed by atoms with Crippen molar-refractivity contribution < 1.29 is 23.9 Å². The number of methoxy groups -OCH3 is 1. The smallest absolute Gasteiger partial charge is 0.258 e. The van der Waals surface area contributed by atoms with Gasteiger partial charge in [-0.2, -0.15) is 0 Å². The van der Waals surface area contributed by atoms with Crippen molar-refractivity contribution in [1.82, 2.24) is 19.8 Å². The van der Waals surface area contributed by atoms with Gasteiger partial charge in [-0.1, -0.05) is 12.1 Å². The number of amides is 3. The number of carbonyl (C=O) groups is 3. The van der Waals surface area contributed by atoms with Gasteiger partial charge in [0.05, 0.1) is 36.3 Å². The van der Waals surface area contributed by atoms with E-state index in [1.165, 1.54) is 12.0 Å². The summed E-state index contributed by atoms with van der Waals surface area (Å²) >= 11 is 0. The van der Waals surface area contributed by atoms with Crippen molar-refractivity contribution in [3.8, 4) is 11.5 Å². The third kappa shape index (κ3) is 8.14. The lowest BCUT2D eigenvalue weighted by Crippen LogP contribution is -2.47. The molecule has 12 heteroatoms. The number of H-pyrrole nitrogens is 1. The van der Waals surface area contributed by atoms with E-state index >= 15 is 0 Å². The number of aryl methyl sites for hydroxylation is 1. The Morgan fingerprint density at radius 3 is 2.39 bits per heavy atom.